The van der Waals surface area contributed by atoms with Gasteiger partial charge in [-0.15, -0.1) is 5.10 Å². The molecule has 0 bridgehead atoms. The van der Waals surface area contributed by atoms with Crippen LogP contribution in [0.5, 0.6) is 0 Å². The number of oxazole rings is 1. The van der Waals surface area contributed by atoms with E-state index in [2.05, 4.69) is 10.5 Å². The van der Waals surface area contributed by atoms with E-state index in [1.54, 1.807) is 17.8 Å². The summed E-state index contributed by atoms with van der Waals surface area (Å²) in [6.45, 7) is 1.38. The minimum atomic E-state index is -0.221. The Labute approximate surface area is 63.3 Å². The van der Waals surface area contributed by atoms with Crippen LogP contribution in [-0.4, -0.2) is 10.5 Å². The topological polar surface area (TPSA) is 59.5 Å². The lowest BCUT2D eigenvalue weighted by Gasteiger charge is -1.89. The van der Waals surface area contributed by atoms with Crippen molar-refractivity contribution in [2.45, 2.75) is 6.92 Å². The molecule has 5 heteroatoms. The molecule has 1 heterocycles. The molecular weight excluding hydrogens is 146 g/mol. The molecule has 1 aromatic heterocycles. The second-order valence-corrected chi connectivity index (χ2v) is 2.08. The molecule has 0 aromatic carbocycles. The standard InChI is InChI=1S/C6H9N3O2/c1-5(10)7-8-6-9(2)3-4-11-6/h3-4H,1-2H3,(H,7,10)/b8-6+. The second kappa shape index (κ2) is 3.05. The highest BCUT2D eigenvalue weighted by Gasteiger charge is 1.89. The molecular formula is C6H9N3O2. The van der Waals surface area contributed by atoms with Crippen LogP contribution in [0.3, 0.4) is 0 Å². The van der Waals surface area contributed by atoms with Gasteiger partial charge in [0.15, 0.2) is 0 Å². The van der Waals surface area contributed by atoms with Gasteiger partial charge in [0.1, 0.15) is 6.26 Å². The average Bonchev–Trinajstić information content (AvgIpc) is 2.31. The Hall–Kier alpha value is -1.52. The van der Waals surface area contributed by atoms with Crippen LogP contribution in [0.1, 0.15) is 6.92 Å². The summed E-state index contributed by atoms with van der Waals surface area (Å²) in [5.41, 5.74) is 2.62. The van der Waals surface area contributed by atoms with Gasteiger partial charge in [0.05, 0.1) is 0 Å². The predicted molar refractivity (Wildman–Crippen MR) is 37.1 cm³/mol. The Balaban J connectivity index is 2.83. The van der Waals surface area contributed by atoms with E-state index in [-0.39, 0.29) is 5.91 Å². The van der Waals surface area contributed by atoms with E-state index in [0.717, 1.165) is 0 Å². The average molecular weight is 155 g/mol. The van der Waals surface area contributed by atoms with Gasteiger partial charge in [-0.05, 0) is 0 Å². The molecule has 0 aliphatic heterocycles. The van der Waals surface area contributed by atoms with Gasteiger partial charge < -0.3 is 8.98 Å². The molecule has 0 aliphatic rings. The summed E-state index contributed by atoms with van der Waals surface area (Å²) < 4.78 is 6.54. The minimum Gasteiger partial charge on any atom is -0.431 e. The molecule has 11 heavy (non-hydrogen) atoms. The summed E-state index contributed by atoms with van der Waals surface area (Å²) in [6.07, 6.45) is 3.18. The fraction of sp³-hybridized carbons (Fsp3) is 0.333. The summed E-state index contributed by atoms with van der Waals surface area (Å²) >= 11 is 0. The highest BCUT2D eigenvalue weighted by atomic mass is 16.3. The number of aromatic nitrogens is 1. The van der Waals surface area contributed by atoms with Gasteiger partial charge in [-0.3, -0.25) is 4.79 Å². The van der Waals surface area contributed by atoms with Crippen molar-refractivity contribution < 1.29 is 9.21 Å². The van der Waals surface area contributed by atoms with E-state index in [1.165, 1.54) is 13.2 Å². The number of aryl methyl sites for hydroxylation is 1. The third kappa shape index (κ3) is 1.96. The van der Waals surface area contributed by atoms with E-state index in [1.807, 2.05) is 0 Å². The van der Waals surface area contributed by atoms with E-state index >= 15 is 0 Å². The van der Waals surface area contributed by atoms with Crippen LogP contribution in [0, 0.1) is 0 Å². The molecule has 0 unspecified atom stereocenters. The first kappa shape index (κ1) is 7.59. The number of carbonyl (C=O) groups is 1. The van der Waals surface area contributed by atoms with Crippen molar-refractivity contribution in [3.05, 3.63) is 18.1 Å². The van der Waals surface area contributed by atoms with E-state index in [4.69, 9.17) is 4.42 Å². The lowest BCUT2D eigenvalue weighted by molar-refractivity contribution is -0.119. The van der Waals surface area contributed by atoms with Gasteiger partial charge in [-0.2, -0.15) is 0 Å². The summed E-state index contributed by atoms with van der Waals surface area (Å²) in [5.74, 6) is -0.221. The van der Waals surface area contributed by atoms with Crippen LogP contribution < -0.4 is 11.1 Å². The zero-order chi connectivity index (χ0) is 8.27. The van der Waals surface area contributed by atoms with Gasteiger partial charge in [0.25, 0.3) is 0 Å². The van der Waals surface area contributed by atoms with Crippen LogP contribution in [0.4, 0.5) is 0 Å². The molecule has 0 atom stereocenters. The number of hydrogen-bond acceptors (Lipinski definition) is 3. The fourth-order valence-electron chi connectivity index (χ4n) is 0.561. The number of hydrogen-bond donors (Lipinski definition) is 1. The van der Waals surface area contributed by atoms with Crippen LogP contribution >= 0.6 is 0 Å². The van der Waals surface area contributed by atoms with Gasteiger partial charge in [0.2, 0.25) is 5.91 Å². The first-order chi connectivity index (χ1) is 5.20. The van der Waals surface area contributed by atoms with Crippen LogP contribution in [0.2, 0.25) is 0 Å². The molecule has 0 spiro atoms. The summed E-state index contributed by atoms with van der Waals surface area (Å²) in [7, 11) is 1.77. The molecule has 60 valence electrons. The van der Waals surface area contributed by atoms with E-state index < -0.39 is 0 Å². The van der Waals surface area contributed by atoms with Crippen LogP contribution in [0.15, 0.2) is 22.0 Å². The lowest BCUT2D eigenvalue weighted by Crippen LogP contribution is -2.21. The molecule has 0 saturated carbocycles. The molecule has 1 aromatic rings. The van der Waals surface area contributed by atoms with Crippen molar-refractivity contribution in [3.8, 4) is 0 Å². The van der Waals surface area contributed by atoms with E-state index in [9.17, 15) is 4.79 Å². The molecule has 5 nitrogen and oxygen atoms in total. The zero-order valence-electron chi connectivity index (χ0n) is 6.37. The zero-order valence-corrected chi connectivity index (χ0v) is 6.37. The highest BCUT2D eigenvalue weighted by molar-refractivity contribution is 5.72. The van der Waals surface area contributed by atoms with Crippen molar-refractivity contribution in [2.24, 2.45) is 12.1 Å². The van der Waals surface area contributed by atoms with Gasteiger partial charge in [0, 0.05) is 20.2 Å². The summed E-state index contributed by atoms with van der Waals surface area (Å²) in [4.78, 5) is 10.4. The predicted octanol–water partition coefficient (Wildman–Crippen LogP) is -0.430. The number of nitrogens with zero attached hydrogens (tertiary/aromatic N) is 2. The largest absolute Gasteiger partial charge is 0.431 e. The second-order valence-electron chi connectivity index (χ2n) is 2.08. The Morgan fingerprint density at radius 1 is 1.82 bits per heavy atom. The summed E-state index contributed by atoms with van der Waals surface area (Å²) in [5, 5.41) is 3.66. The van der Waals surface area contributed by atoms with Gasteiger partial charge in [-0.25, -0.2) is 5.43 Å². The van der Waals surface area contributed by atoms with Crippen molar-refractivity contribution >= 4 is 5.91 Å². The maximum atomic E-state index is 10.4. The molecule has 0 radical (unpaired) electrons. The van der Waals surface area contributed by atoms with Crippen molar-refractivity contribution in [3.63, 3.8) is 0 Å². The first-order valence-electron chi connectivity index (χ1n) is 3.10. The molecule has 1 rings (SSSR count). The van der Waals surface area contributed by atoms with Crippen molar-refractivity contribution in [1.82, 2.24) is 9.99 Å². The van der Waals surface area contributed by atoms with Gasteiger partial charge >= 0.3 is 5.68 Å². The third-order valence-electron chi connectivity index (χ3n) is 1.07. The first-order valence-corrected chi connectivity index (χ1v) is 3.10. The number of amides is 1. The molecule has 0 saturated heterocycles. The molecule has 0 fully saturated rings. The Morgan fingerprint density at radius 3 is 3.00 bits per heavy atom. The molecule has 1 amide bonds. The maximum Gasteiger partial charge on any atom is 0.318 e. The summed E-state index contributed by atoms with van der Waals surface area (Å²) in [6, 6.07) is 0. The van der Waals surface area contributed by atoms with E-state index in [0.29, 0.717) is 5.68 Å². The Kier molecular flexibility index (Phi) is 2.10. The van der Waals surface area contributed by atoms with Crippen LogP contribution in [-0.2, 0) is 11.8 Å². The van der Waals surface area contributed by atoms with Gasteiger partial charge in [-0.1, -0.05) is 0 Å². The molecule has 0 aliphatic carbocycles. The third-order valence-corrected chi connectivity index (χ3v) is 1.07. The SMILES string of the molecule is CC(=O)N/N=c1/occn1C. The quantitative estimate of drug-likeness (QED) is 0.559. The Bertz CT molecular complexity index is 310. The lowest BCUT2D eigenvalue weighted by atomic mass is 10.8. The normalized spacial score (nSPS) is 11.6. The fourth-order valence-corrected chi connectivity index (χ4v) is 0.561. The van der Waals surface area contributed by atoms with Crippen molar-refractivity contribution in [2.75, 3.05) is 0 Å². The van der Waals surface area contributed by atoms with Crippen LogP contribution in [0.25, 0.3) is 0 Å². The smallest absolute Gasteiger partial charge is 0.318 e. The monoisotopic (exact) mass is 155 g/mol. The number of nitrogens with one attached hydrogen (secondary N) is 1. The number of carbonyl (C=O) groups excluding carboxylic acids is 1. The maximum absolute atomic E-state index is 10.4. The minimum absolute atomic E-state index is 0.221. The number of rotatable bonds is 1. The Morgan fingerprint density at radius 2 is 2.55 bits per heavy atom. The van der Waals surface area contributed by atoms with Crippen molar-refractivity contribution in [1.29, 1.82) is 0 Å². The molecule has 1 N–H and O–H groups in total. The highest BCUT2D eigenvalue weighted by Crippen LogP contribution is 1.74.